The normalized spacial score (nSPS) is 11.6. The Morgan fingerprint density at radius 1 is 1.65 bits per heavy atom. The Morgan fingerprint density at radius 3 is 2.94 bits per heavy atom. The first-order chi connectivity index (χ1) is 8.02. The molecular formula is C12H12ClFN2O. The average molecular weight is 255 g/mol. The second-order valence-electron chi connectivity index (χ2n) is 3.60. The van der Waals surface area contributed by atoms with Gasteiger partial charge in [0.05, 0.1) is 11.6 Å². The van der Waals surface area contributed by atoms with E-state index in [1.54, 1.807) is 6.92 Å². The highest BCUT2D eigenvalue weighted by Crippen LogP contribution is 2.12. The minimum atomic E-state index is -0.455. The van der Waals surface area contributed by atoms with Crippen molar-refractivity contribution < 1.29 is 9.18 Å². The summed E-state index contributed by atoms with van der Waals surface area (Å²) in [5.74, 6) is -0.648. The molecular weight excluding hydrogens is 243 g/mol. The Kier molecular flexibility index (Phi) is 4.92. The molecule has 1 aromatic rings. The Hall–Kier alpha value is -1.60. The number of nitrogens with zero attached hydrogens (tertiary/aromatic N) is 1. The third-order valence-electron chi connectivity index (χ3n) is 2.17. The van der Waals surface area contributed by atoms with Crippen LogP contribution in [0.5, 0.6) is 0 Å². The van der Waals surface area contributed by atoms with E-state index in [0.29, 0.717) is 12.0 Å². The van der Waals surface area contributed by atoms with Gasteiger partial charge >= 0.3 is 0 Å². The molecule has 1 atom stereocenters. The van der Waals surface area contributed by atoms with Crippen LogP contribution >= 0.6 is 11.6 Å². The van der Waals surface area contributed by atoms with E-state index in [-0.39, 0.29) is 17.9 Å². The van der Waals surface area contributed by atoms with E-state index in [0.717, 1.165) is 6.07 Å². The molecule has 1 aromatic carbocycles. The standard InChI is InChI=1S/C12H12ClFN2O/c1-8(13)16-12(17)5-3-9-2-4-11(14)6-10(9)7-15/h2,4,6,8H,3,5H2,1H3,(H,16,17). The number of alkyl halides is 1. The second kappa shape index (κ2) is 6.21. The van der Waals surface area contributed by atoms with Crippen LogP contribution in [0.2, 0.25) is 0 Å². The van der Waals surface area contributed by atoms with Gasteiger partial charge in [-0.3, -0.25) is 4.79 Å². The van der Waals surface area contributed by atoms with Crippen LogP contribution in [-0.4, -0.2) is 11.4 Å². The van der Waals surface area contributed by atoms with Gasteiger partial charge in [-0.25, -0.2) is 4.39 Å². The van der Waals surface area contributed by atoms with Crippen molar-refractivity contribution in [2.45, 2.75) is 25.3 Å². The van der Waals surface area contributed by atoms with Gasteiger partial charge in [0, 0.05) is 6.42 Å². The lowest BCUT2D eigenvalue weighted by atomic mass is 10.0. The lowest BCUT2D eigenvalue weighted by Crippen LogP contribution is -2.28. The zero-order chi connectivity index (χ0) is 12.8. The van der Waals surface area contributed by atoms with Crippen LogP contribution in [0.1, 0.15) is 24.5 Å². The summed E-state index contributed by atoms with van der Waals surface area (Å²) in [5.41, 5.74) is 0.495. The number of aryl methyl sites for hydroxylation is 1. The number of hydrogen-bond acceptors (Lipinski definition) is 2. The molecule has 5 heteroatoms. The minimum absolute atomic E-state index is 0.194. The number of nitrogens with one attached hydrogen (secondary N) is 1. The van der Waals surface area contributed by atoms with E-state index in [4.69, 9.17) is 16.9 Å². The second-order valence-corrected chi connectivity index (χ2v) is 4.25. The van der Waals surface area contributed by atoms with Gasteiger partial charge in [0.2, 0.25) is 5.91 Å². The number of benzene rings is 1. The summed E-state index contributed by atoms with van der Waals surface area (Å²) in [4.78, 5) is 11.3. The van der Waals surface area contributed by atoms with Gasteiger partial charge in [-0.05, 0) is 31.0 Å². The van der Waals surface area contributed by atoms with Gasteiger partial charge in [-0.15, -0.1) is 0 Å². The molecule has 0 aliphatic rings. The Balaban J connectivity index is 2.64. The molecule has 90 valence electrons. The highest BCUT2D eigenvalue weighted by atomic mass is 35.5. The summed E-state index contributed by atoms with van der Waals surface area (Å²) in [5, 5.41) is 11.3. The minimum Gasteiger partial charge on any atom is -0.340 e. The van der Waals surface area contributed by atoms with Crippen molar-refractivity contribution in [1.29, 1.82) is 5.26 Å². The Morgan fingerprint density at radius 2 is 2.35 bits per heavy atom. The van der Waals surface area contributed by atoms with Crippen LogP contribution in [0, 0.1) is 17.1 Å². The average Bonchev–Trinajstić information content (AvgIpc) is 2.26. The highest BCUT2D eigenvalue weighted by Gasteiger charge is 2.08. The molecule has 1 amide bonds. The van der Waals surface area contributed by atoms with E-state index in [2.05, 4.69) is 5.32 Å². The molecule has 1 N–H and O–H groups in total. The zero-order valence-corrected chi connectivity index (χ0v) is 10.1. The summed E-state index contributed by atoms with van der Waals surface area (Å²) in [6.07, 6.45) is 0.607. The first-order valence-electron chi connectivity index (χ1n) is 5.15. The number of nitriles is 1. The molecule has 0 aliphatic heterocycles. The third-order valence-corrected chi connectivity index (χ3v) is 2.28. The molecule has 0 aliphatic carbocycles. The number of carbonyl (C=O) groups excluding carboxylic acids is 1. The van der Waals surface area contributed by atoms with Crippen molar-refractivity contribution in [3.8, 4) is 6.07 Å². The van der Waals surface area contributed by atoms with Crippen LogP contribution in [0.25, 0.3) is 0 Å². The van der Waals surface area contributed by atoms with E-state index in [1.807, 2.05) is 6.07 Å². The number of amides is 1. The Bertz CT molecular complexity index is 454. The fourth-order valence-electron chi connectivity index (χ4n) is 1.41. The fourth-order valence-corrected chi connectivity index (χ4v) is 1.53. The lowest BCUT2D eigenvalue weighted by Gasteiger charge is -2.07. The number of rotatable bonds is 4. The molecule has 0 heterocycles. The smallest absolute Gasteiger partial charge is 0.221 e. The molecule has 17 heavy (non-hydrogen) atoms. The number of hydrogen-bond donors (Lipinski definition) is 1. The summed E-state index contributed by atoms with van der Waals surface area (Å²) >= 11 is 5.60. The largest absolute Gasteiger partial charge is 0.340 e. The monoisotopic (exact) mass is 254 g/mol. The third kappa shape index (κ3) is 4.41. The number of halogens is 2. The van der Waals surface area contributed by atoms with Crippen molar-refractivity contribution >= 4 is 17.5 Å². The quantitative estimate of drug-likeness (QED) is 0.662. The van der Waals surface area contributed by atoms with Crippen LogP contribution in [0.4, 0.5) is 4.39 Å². The summed E-state index contributed by atoms with van der Waals surface area (Å²) in [6, 6.07) is 5.86. The van der Waals surface area contributed by atoms with E-state index < -0.39 is 11.3 Å². The maximum atomic E-state index is 12.9. The van der Waals surface area contributed by atoms with Gasteiger partial charge in [0.25, 0.3) is 0 Å². The van der Waals surface area contributed by atoms with Gasteiger partial charge in [0.1, 0.15) is 11.3 Å². The predicted octanol–water partition coefficient (Wildman–Crippen LogP) is 2.33. The summed E-state index contributed by atoms with van der Waals surface area (Å²) in [7, 11) is 0. The summed E-state index contributed by atoms with van der Waals surface area (Å²) in [6.45, 7) is 1.65. The first-order valence-corrected chi connectivity index (χ1v) is 5.58. The molecule has 3 nitrogen and oxygen atoms in total. The van der Waals surface area contributed by atoms with Crippen molar-refractivity contribution in [2.75, 3.05) is 0 Å². The molecule has 0 aromatic heterocycles. The van der Waals surface area contributed by atoms with Gasteiger partial charge in [0.15, 0.2) is 0 Å². The molecule has 0 saturated carbocycles. The highest BCUT2D eigenvalue weighted by molar-refractivity contribution is 6.21. The van der Waals surface area contributed by atoms with Crippen LogP contribution in [-0.2, 0) is 11.2 Å². The van der Waals surface area contributed by atoms with Gasteiger partial charge in [-0.1, -0.05) is 17.7 Å². The van der Waals surface area contributed by atoms with Crippen LogP contribution < -0.4 is 5.32 Å². The molecule has 0 radical (unpaired) electrons. The fraction of sp³-hybridized carbons (Fsp3) is 0.333. The van der Waals surface area contributed by atoms with Gasteiger partial charge < -0.3 is 5.32 Å². The SMILES string of the molecule is CC(Cl)NC(=O)CCc1ccc(F)cc1C#N. The molecule has 0 spiro atoms. The Labute approximate surface area is 104 Å². The van der Waals surface area contributed by atoms with Crippen LogP contribution in [0.15, 0.2) is 18.2 Å². The first kappa shape index (κ1) is 13.5. The molecule has 1 rings (SSSR count). The van der Waals surface area contributed by atoms with E-state index >= 15 is 0 Å². The van der Waals surface area contributed by atoms with Crippen molar-refractivity contribution in [1.82, 2.24) is 5.32 Å². The van der Waals surface area contributed by atoms with Crippen molar-refractivity contribution in [3.63, 3.8) is 0 Å². The molecule has 1 unspecified atom stereocenters. The van der Waals surface area contributed by atoms with E-state index in [9.17, 15) is 9.18 Å². The molecule has 0 saturated heterocycles. The lowest BCUT2D eigenvalue weighted by molar-refractivity contribution is -0.121. The van der Waals surface area contributed by atoms with Crippen molar-refractivity contribution in [2.24, 2.45) is 0 Å². The number of carbonyl (C=O) groups is 1. The van der Waals surface area contributed by atoms with Gasteiger partial charge in [-0.2, -0.15) is 5.26 Å². The zero-order valence-electron chi connectivity index (χ0n) is 9.34. The maximum Gasteiger partial charge on any atom is 0.221 e. The summed E-state index contributed by atoms with van der Waals surface area (Å²) < 4.78 is 12.9. The predicted molar refractivity (Wildman–Crippen MR) is 62.9 cm³/mol. The van der Waals surface area contributed by atoms with Crippen molar-refractivity contribution in [3.05, 3.63) is 35.1 Å². The van der Waals surface area contributed by atoms with E-state index in [1.165, 1.54) is 12.1 Å². The van der Waals surface area contributed by atoms with Crippen LogP contribution in [0.3, 0.4) is 0 Å². The molecule has 0 bridgehead atoms. The molecule has 0 fully saturated rings. The topological polar surface area (TPSA) is 52.9 Å². The maximum absolute atomic E-state index is 12.9.